The van der Waals surface area contributed by atoms with E-state index in [4.69, 9.17) is 19.6 Å². The monoisotopic (exact) mass is 410 g/mol. The lowest BCUT2D eigenvalue weighted by molar-refractivity contribution is -0.121. The van der Waals surface area contributed by atoms with Crippen LogP contribution >= 0.6 is 0 Å². The Morgan fingerprint density at radius 2 is 1.97 bits per heavy atom. The molecule has 0 radical (unpaired) electrons. The fourth-order valence-corrected chi connectivity index (χ4v) is 3.52. The summed E-state index contributed by atoms with van der Waals surface area (Å²) in [6.45, 7) is 8.08. The fraction of sp³-hybridized carbons (Fsp3) is 0.435. The Bertz CT molecular complexity index is 1060. The van der Waals surface area contributed by atoms with Gasteiger partial charge in [-0.05, 0) is 51.3 Å². The number of aromatic nitrogens is 3. The molecule has 0 fully saturated rings. The van der Waals surface area contributed by atoms with Gasteiger partial charge in [0.2, 0.25) is 5.91 Å². The van der Waals surface area contributed by atoms with E-state index in [-0.39, 0.29) is 11.9 Å². The van der Waals surface area contributed by atoms with Gasteiger partial charge in [-0.2, -0.15) is 5.10 Å². The summed E-state index contributed by atoms with van der Waals surface area (Å²) in [6.07, 6.45) is 1.98. The Balaban J connectivity index is 1.92. The molecule has 0 aliphatic heterocycles. The molecule has 3 rings (SSSR count). The average molecular weight is 411 g/mol. The van der Waals surface area contributed by atoms with Crippen LogP contribution in [-0.2, 0) is 11.2 Å². The van der Waals surface area contributed by atoms with Crippen molar-refractivity contribution < 1.29 is 14.3 Å². The number of nitrogens with zero attached hydrogens (tertiary/aromatic N) is 3. The summed E-state index contributed by atoms with van der Waals surface area (Å²) >= 11 is 0. The van der Waals surface area contributed by atoms with E-state index in [1.807, 2.05) is 49.6 Å². The molecule has 1 aromatic carbocycles. The van der Waals surface area contributed by atoms with Gasteiger partial charge in [0.05, 0.1) is 19.9 Å². The van der Waals surface area contributed by atoms with E-state index in [0.717, 1.165) is 46.0 Å². The molecule has 1 N–H and O–H groups in total. The van der Waals surface area contributed by atoms with E-state index >= 15 is 0 Å². The number of methoxy groups -OCH3 is 2. The van der Waals surface area contributed by atoms with E-state index in [0.29, 0.717) is 18.6 Å². The van der Waals surface area contributed by atoms with E-state index in [9.17, 15) is 4.79 Å². The van der Waals surface area contributed by atoms with Crippen molar-refractivity contribution in [3.8, 4) is 22.8 Å². The molecule has 7 nitrogen and oxygen atoms in total. The van der Waals surface area contributed by atoms with Crippen molar-refractivity contribution in [2.45, 2.75) is 53.0 Å². The number of benzene rings is 1. The predicted molar refractivity (Wildman–Crippen MR) is 117 cm³/mol. The van der Waals surface area contributed by atoms with Crippen LogP contribution in [0.25, 0.3) is 16.9 Å². The smallest absolute Gasteiger partial charge is 0.220 e. The third kappa shape index (κ3) is 4.40. The normalized spacial score (nSPS) is 12.1. The highest BCUT2D eigenvalue weighted by molar-refractivity contribution is 5.76. The molecule has 0 spiro atoms. The molecule has 0 aliphatic carbocycles. The molecular weight excluding hydrogens is 380 g/mol. The van der Waals surface area contributed by atoms with Crippen LogP contribution in [0.15, 0.2) is 24.3 Å². The quantitative estimate of drug-likeness (QED) is 0.610. The second-order valence-corrected chi connectivity index (χ2v) is 7.50. The van der Waals surface area contributed by atoms with Crippen LogP contribution in [0.1, 0.15) is 43.6 Å². The Labute approximate surface area is 177 Å². The molecule has 1 amide bonds. The number of fused-ring (bicyclic) bond motifs is 1. The Morgan fingerprint density at radius 1 is 1.20 bits per heavy atom. The number of amides is 1. The molecule has 160 valence electrons. The highest BCUT2D eigenvalue weighted by atomic mass is 16.5. The number of rotatable bonds is 8. The van der Waals surface area contributed by atoms with Crippen LogP contribution in [0.2, 0.25) is 0 Å². The van der Waals surface area contributed by atoms with Gasteiger partial charge in [0, 0.05) is 41.5 Å². The second kappa shape index (κ2) is 9.15. The van der Waals surface area contributed by atoms with E-state index in [2.05, 4.69) is 12.2 Å². The summed E-state index contributed by atoms with van der Waals surface area (Å²) in [5.41, 5.74) is 5.38. The Kier molecular flexibility index (Phi) is 6.59. The SMILES string of the molecule is CC[C@@H](C)NC(=O)CCc1c(C)nc2cc(-c3ccc(OC)cc3OC)nn2c1C. The van der Waals surface area contributed by atoms with Crippen molar-refractivity contribution in [3.05, 3.63) is 41.2 Å². The van der Waals surface area contributed by atoms with E-state index < -0.39 is 0 Å². The summed E-state index contributed by atoms with van der Waals surface area (Å²) in [5, 5.41) is 7.79. The first-order valence-corrected chi connectivity index (χ1v) is 10.3. The van der Waals surface area contributed by atoms with Crippen molar-refractivity contribution >= 4 is 11.6 Å². The average Bonchev–Trinajstić information content (AvgIpc) is 3.16. The fourth-order valence-electron chi connectivity index (χ4n) is 3.52. The van der Waals surface area contributed by atoms with Crippen molar-refractivity contribution in [1.29, 1.82) is 0 Å². The third-order valence-corrected chi connectivity index (χ3v) is 5.47. The van der Waals surface area contributed by atoms with E-state index in [1.165, 1.54) is 0 Å². The van der Waals surface area contributed by atoms with Crippen molar-refractivity contribution in [3.63, 3.8) is 0 Å². The lowest BCUT2D eigenvalue weighted by Crippen LogP contribution is -2.32. The van der Waals surface area contributed by atoms with Crippen LogP contribution in [0, 0.1) is 13.8 Å². The number of hydrogen-bond donors (Lipinski definition) is 1. The first-order valence-electron chi connectivity index (χ1n) is 10.3. The molecule has 30 heavy (non-hydrogen) atoms. The van der Waals surface area contributed by atoms with Crippen LogP contribution in [0.5, 0.6) is 11.5 Å². The summed E-state index contributed by atoms with van der Waals surface area (Å²) in [7, 11) is 3.25. The number of nitrogens with one attached hydrogen (secondary N) is 1. The predicted octanol–water partition coefficient (Wildman–Crippen LogP) is 3.88. The number of carbonyl (C=O) groups is 1. The van der Waals surface area contributed by atoms with Gasteiger partial charge in [-0.1, -0.05) is 6.92 Å². The number of aryl methyl sites for hydroxylation is 2. The standard InChI is InChI=1S/C23H30N4O3/c1-7-14(2)24-23(28)11-10-18-15(3)25-22-13-20(26-27(22)16(18)4)19-9-8-17(29-5)12-21(19)30-6/h8-9,12-14H,7,10-11H2,1-6H3,(H,24,28)/t14-/m1/s1. The maximum absolute atomic E-state index is 12.2. The third-order valence-electron chi connectivity index (χ3n) is 5.47. The van der Waals surface area contributed by atoms with Gasteiger partial charge in [-0.15, -0.1) is 0 Å². The zero-order valence-electron chi connectivity index (χ0n) is 18.6. The highest BCUT2D eigenvalue weighted by Gasteiger charge is 2.17. The highest BCUT2D eigenvalue weighted by Crippen LogP contribution is 2.33. The zero-order chi connectivity index (χ0) is 21.8. The summed E-state index contributed by atoms with van der Waals surface area (Å²) in [5.74, 6) is 1.48. The topological polar surface area (TPSA) is 77.8 Å². The molecule has 1 atom stereocenters. The van der Waals surface area contributed by atoms with Gasteiger partial charge in [-0.25, -0.2) is 9.50 Å². The molecule has 3 aromatic rings. The molecule has 2 heterocycles. The van der Waals surface area contributed by atoms with Crippen molar-refractivity contribution in [2.75, 3.05) is 14.2 Å². The molecule has 0 unspecified atom stereocenters. The van der Waals surface area contributed by atoms with E-state index in [1.54, 1.807) is 14.2 Å². The molecular formula is C23H30N4O3. The van der Waals surface area contributed by atoms with Gasteiger partial charge in [0.15, 0.2) is 5.65 Å². The molecule has 2 aromatic heterocycles. The first-order chi connectivity index (χ1) is 14.4. The summed E-state index contributed by atoms with van der Waals surface area (Å²) in [4.78, 5) is 16.9. The lowest BCUT2D eigenvalue weighted by Gasteiger charge is -2.13. The molecule has 0 saturated heterocycles. The second-order valence-electron chi connectivity index (χ2n) is 7.50. The number of hydrogen-bond acceptors (Lipinski definition) is 5. The largest absolute Gasteiger partial charge is 0.497 e. The molecule has 7 heteroatoms. The Morgan fingerprint density at radius 3 is 2.63 bits per heavy atom. The van der Waals surface area contributed by atoms with Gasteiger partial charge in [0.25, 0.3) is 0 Å². The van der Waals surface area contributed by atoms with Crippen LogP contribution in [-0.4, -0.2) is 40.8 Å². The molecule has 0 bridgehead atoms. The summed E-state index contributed by atoms with van der Waals surface area (Å²) in [6, 6.07) is 7.79. The van der Waals surface area contributed by atoms with Crippen LogP contribution in [0.3, 0.4) is 0 Å². The maximum Gasteiger partial charge on any atom is 0.220 e. The zero-order valence-corrected chi connectivity index (χ0v) is 18.6. The molecule has 0 aliphatic rings. The minimum atomic E-state index is 0.0624. The first kappa shape index (κ1) is 21.6. The molecule has 0 saturated carbocycles. The van der Waals surface area contributed by atoms with Gasteiger partial charge in [-0.3, -0.25) is 4.79 Å². The van der Waals surface area contributed by atoms with Gasteiger partial charge in [0.1, 0.15) is 11.5 Å². The van der Waals surface area contributed by atoms with Crippen molar-refractivity contribution in [2.24, 2.45) is 0 Å². The van der Waals surface area contributed by atoms with Crippen molar-refractivity contribution in [1.82, 2.24) is 19.9 Å². The maximum atomic E-state index is 12.2. The minimum absolute atomic E-state index is 0.0624. The van der Waals surface area contributed by atoms with Gasteiger partial charge < -0.3 is 14.8 Å². The summed E-state index contributed by atoms with van der Waals surface area (Å²) < 4.78 is 12.7. The number of ether oxygens (including phenoxy) is 2. The number of carbonyl (C=O) groups excluding carboxylic acids is 1. The lowest BCUT2D eigenvalue weighted by atomic mass is 10.1. The Hall–Kier alpha value is -3.09. The van der Waals surface area contributed by atoms with Gasteiger partial charge >= 0.3 is 0 Å². The van der Waals surface area contributed by atoms with Crippen LogP contribution in [0.4, 0.5) is 0 Å². The minimum Gasteiger partial charge on any atom is -0.497 e. The van der Waals surface area contributed by atoms with Crippen LogP contribution < -0.4 is 14.8 Å².